The van der Waals surface area contributed by atoms with Crippen LogP contribution in [0.25, 0.3) is 0 Å². The molecule has 7 heteroatoms. The molecule has 2 aromatic heterocycles. The molecule has 0 aliphatic carbocycles. The summed E-state index contributed by atoms with van der Waals surface area (Å²) in [6.07, 6.45) is 7.32. The Morgan fingerprint density at radius 1 is 1.08 bits per heavy atom. The number of hydrogen-bond acceptors (Lipinski definition) is 5. The van der Waals surface area contributed by atoms with E-state index in [4.69, 9.17) is 0 Å². The average molecular weight is 353 g/mol. The molecule has 1 fully saturated rings. The second kappa shape index (κ2) is 7.61. The summed E-state index contributed by atoms with van der Waals surface area (Å²) in [6.45, 7) is 4.99. The van der Waals surface area contributed by atoms with E-state index in [0.717, 1.165) is 11.1 Å². The first-order valence-electron chi connectivity index (χ1n) is 8.63. The van der Waals surface area contributed by atoms with Crippen molar-refractivity contribution in [1.82, 2.24) is 15.3 Å². The van der Waals surface area contributed by atoms with E-state index in [2.05, 4.69) is 25.9 Å². The predicted octanol–water partition coefficient (Wildman–Crippen LogP) is 2.04. The van der Waals surface area contributed by atoms with Gasteiger partial charge in [-0.1, -0.05) is 0 Å². The van der Waals surface area contributed by atoms with Gasteiger partial charge >= 0.3 is 0 Å². The summed E-state index contributed by atoms with van der Waals surface area (Å²) in [7, 11) is 0. The van der Waals surface area contributed by atoms with Gasteiger partial charge in [0.2, 0.25) is 11.8 Å². The first kappa shape index (κ1) is 18.0. The van der Waals surface area contributed by atoms with Gasteiger partial charge in [0.1, 0.15) is 0 Å². The number of pyridine rings is 2. The maximum absolute atomic E-state index is 13.0. The summed E-state index contributed by atoms with van der Waals surface area (Å²) in [4.78, 5) is 33.7. The van der Waals surface area contributed by atoms with Gasteiger partial charge in [0.05, 0.1) is 29.2 Å². The molecule has 2 aromatic rings. The monoisotopic (exact) mass is 353 g/mol. The summed E-state index contributed by atoms with van der Waals surface area (Å²) in [5, 5.41) is 9.02. The second-order valence-electron chi connectivity index (χ2n) is 6.77. The predicted molar refractivity (Wildman–Crippen MR) is 99.7 cm³/mol. The molecule has 0 spiro atoms. The molecule has 2 amide bonds. The summed E-state index contributed by atoms with van der Waals surface area (Å²) >= 11 is 0. The molecule has 0 radical (unpaired) electrons. The van der Waals surface area contributed by atoms with Crippen molar-refractivity contribution in [2.75, 3.05) is 23.7 Å². The van der Waals surface area contributed by atoms with Gasteiger partial charge in [-0.15, -0.1) is 0 Å². The summed E-state index contributed by atoms with van der Waals surface area (Å²) in [5.74, 6) is -0.348. The molecule has 0 saturated carbocycles. The van der Waals surface area contributed by atoms with Crippen LogP contribution in [-0.4, -0.2) is 34.9 Å². The lowest BCUT2D eigenvalue weighted by Crippen LogP contribution is -2.41. The van der Waals surface area contributed by atoms with Crippen LogP contribution >= 0.6 is 0 Å². The Balaban J connectivity index is 1.73. The molecule has 3 rings (SSSR count). The number of anilines is 2. The summed E-state index contributed by atoms with van der Waals surface area (Å²) < 4.78 is 0. The third-order valence-electron chi connectivity index (χ3n) is 4.82. The van der Waals surface area contributed by atoms with E-state index >= 15 is 0 Å². The van der Waals surface area contributed by atoms with Crippen LogP contribution in [0.2, 0.25) is 0 Å². The second-order valence-corrected chi connectivity index (χ2v) is 6.77. The summed E-state index contributed by atoms with van der Waals surface area (Å²) in [6, 6.07) is 3.67. The highest BCUT2D eigenvalue weighted by atomic mass is 16.2. The Kier molecular flexibility index (Phi) is 5.27. The zero-order valence-corrected chi connectivity index (χ0v) is 15.0. The van der Waals surface area contributed by atoms with Gasteiger partial charge < -0.3 is 16.0 Å². The molecule has 0 bridgehead atoms. The maximum Gasteiger partial charge on any atom is 0.232 e. The topological polar surface area (TPSA) is 96.0 Å². The minimum atomic E-state index is -0.775. The number of rotatable bonds is 5. The van der Waals surface area contributed by atoms with E-state index in [9.17, 15) is 9.59 Å². The number of nitrogens with zero attached hydrogens (tertiary/aromatic N) is 2. The van der Waals surface area contributed by atoms with E-state index in [1.165, 1.54) is 0 Å². The zero-order valence-electron chi connectivity index (χ0n) is 15.0. The lowest BCUT2D eigenvalue weighted by atomic mass is 9.82. The largest absolute Gasteiger partial charge is 0.324 e. The molecule has 0 aromatic carbocycles. The Labute approximate surface area is 152 Å². The van der Waals surface area contributed by atoms with Crippen molar-refractivity contribution in [3.8, 4) is 0 Å². The molecule has 26 heavy (non-hydrogen) atoms. The van der Waals surface area contributed by atoms with Gasteiger partial charge in [-0.25, -0.2) is 0 Å². The zero-order chi connectivity index (χ0) is 18.6. The molecular formula is C19H23N5O2. The molecule has 1 unspecified atom stereocenters. The van der Waals surface area contributed by atoms with Crippen molar-refractivity contribution < 1.29 is 9.59 Å². The number of aromatic nitrogens is 2. The van der Waals surface area contributed by atoms with Crippen LogP contribution < -0.4 is 16.0 Å². The molecule has 3 heterocycles. The van der Waals surface area contributed by atoms with Crippen LogP contribution in [0.4, 0.5) is 11.4 Å². The van der Waals surface area contributed by atoms with Crippen LogP contribution in [0, 0.1) is 19.3 Å². The highest BCUT2D eigenvalue weighted by molar-refractivity contribution is 6.01. The van der Waals surface area contributed by atoms with Gasteiger partial charge in [0.25, 0.3) is 0 Å². The van der Waals surface area contributed by atoms with Crippen molar-refractivity contribution in [3.63, 3.8) is 0 Å². The van der Waals surface area contributed by atoms with Crippen molar-refractivity contribution in [2.45, 2.75) is 26.7 Å². The van der Waals surface area contributed by atoms with Crippen LogP contribution in [0.3, 0.4) is 0 Å². The van der Waals surface area contributed by atoms with Gasteiger partial charge in [-0.2, -0.15) is 0 Å². The number of nitrogens with one attached hydrogen (secondary N) is 3. The molecule has 136 valence electrons. The van der Waals surface area contributed by atoms with Gasteiger partial charge in [-0.3, -0.25) is 19.6 Å². The van der Waals surface area contributed by atoms with Crippen molar-refractivity contribution in [3.05, 3.63) is 48.0 Å². The summed E-state index contributed by atoms with van der Waals surface area (Å²) in [5.41, 5.74) is 2.43. The van der Waals surface area contributed by atoms with Crippen molar-refractivity contribution in [2.24, 2.45) is 5.41 Å². The van der Waals surface area contributed by atoms with Crippen molar-refractivity contribution >= 4 is 23.2 Å². The molecule has 1 atom stereocenters. The molecule has 7 nitrogen and oxygen atoms in total. The third-order valence-corrected chi connectivity index (χ3v) is 4.82. The van der Waals surface area contributed by atoms with Gasteiger partial charge in [-0.05, 0) is 50.1 Å². The third kappa shape index (κ3) is 3.88. The standard InChI is InChI=1S/C19H23N5O2/c1-13-3-6-20-10-15(13)23-17(25)9-19(5-8-22-12-19)18(26)24-16-11-21-7-4-14(16)2/h3-4,6-7,10-11,22H,5,8-9,12H2,1-2H3,(H,23,25)(H,24,26). The van der Waals surface area contributed by atoms with Crippen LogP contribution in [-0.2, 0) is 9.59 Å². The van der Waals surface area contributed by atoms with E-state index in [1.54, 1.807) is 24.8 Å². The fourth-order valence-corrected chi connectivity index (χ4v) is 3.12. The van der Waals surface area contributed by atoms with Crippen LogP contribution in [0.15, 0.2) is 36.9 Å². The van der Waals surface area contributed by atoms with Crippen LogP contribution in [0.5, 0.6) is 0 Å². The minimum Gasteiger partial charge on any atom is -0.324 e. The Hall–Kier alpha value is -2.80. The lowest BCUT2D eigenvalue weighted by Gasteiger charge is -2.26. The molecule has 3 N–H and O–H groups in total. The van der Waals surface area contributed by atoms with E-state index in [-0.39, 0.29) is 18.2 Å². The first-order chi connectivity index (χ1) is 12.5. The Morgan fingerprint density at radius 3 is 2.23 bits per heavy atom. The fourth-order valence-electron chi connectivity index (χ4n) is 3.12. The van der Waals surface area contributed by atoms with Gasteiger partial charge in [0.15, 0.2) is 0 Å². The SMILES string of the molecule is Cc1ccncc1NC(=O)CC1(C(=O)Nc2cnccc2C)CCNC1. The number of aryl methyl sites for hydroxylation is 2. The van der Waals surface area contributed by atoms with E-state index < -0.39 is 5.41 Å². The van der Waals surface area contributed by atoms with E-state index in [0.29, 0.717) is 30.9 Å². The van der Waals surface area contributed by atoms with Crippen LogP contribution in [0.1, 0.15) is 24.0 Å². The highest BCUT2D eigenvalue weighted by Crippen LogP contribution is 2.32. The Morgan fingerprint density at radius 2 is 1.69 bits per heavy atom. The normalized spacial score (nSPS) is 19.2. The Bertz CT molecular complexity index is 815. The lowest BCUT2D eigenvalue weighted by molar-refractivity contribution is -0.129. The fraction of sp³-hybridized carbons (Fsp3) is 0.368. The molecule has 1 aliphatic heterocycles. The number of hydrogen-bond donors (Lipinski definition) is 3. The quantitative estimate of drug-likeness (QED) is 0.764. The van der Waals surface area contributed by atoms with Gasteiger partial charge in [0, 0.05) is 25.4 Å². The van der Waals surface area contributed by atoms with E-state index in [1.807, 2.05) is 26.0 Å². The number of amides is 2. The first-order valence-corrected chi connectivity index (χ1v) is 8.63. The highest BCUT2D eigenvalue weighted by Gasteiger charge is 2.43. The maximum atomic E-state index is 13.0. The number of carbonyl (C=O) groups excluding carboxylic acids is 2. The molecular weight excluding hydrogens is 330 g/mol. The average Bonchev–Trinajstić information content (AvgIpc) is 3.08. The molecule has 1 aliphatic rings. The number of carbonyl (C=O) groups is 2. The molecule has 1 saturated heterocycles. The smallest absolute Gasteiger partial charge is 0.232 e. The minimum absolute atomic E-state index is 0.111. The van der Waals surface area contributed by atoms with Crippen molar-refractivity contribution in [1.29, 1.82) is 0 Å².